The van der Waals surface area contributed by atoms with Crippen molar-refractivity contribution in [1.29, 1.82) is 0 Å². The average Bonchev–Trinajstić information content (AvgIpc) is 2.38. The number of hydrogen-bond acceptors (Lipinski definition) is 2. The molecule has 0 bridgehead atoms. The first-order valence-corrected chi connectivity index (χ1v) is 7.05. The maximum atomic E-state index is 11.8. The van der Waals surface area contributed by atoms with E-state index in [9.17, 15) is 9.59 Å². The summed E-state index contributed by atoms with van der Waals surface area (Å²) in [7, 11) is 0. The van der Waals surface area contributed by atoms with Gasteiger partial charge in [0.2, 0.25) is 11.8 Å². The van der Waals surface area contributed by atoms with Gasteiger partial charge in [-0.15, -0.1) is 0 Å². The van der Waals surface area contributed by atoms with E-state index in [0.717, 1.165) is 12.1 Å². The van der Waals surface area contributed by atoms with Crippen LogP contribution in [0.5, 0.6) is 0 Å². The summed E-state index contributed by atoms with van der Waals surface area (Å²) in [5.74, 6) is 0.471. The molecular formula is C16H24N2O2. The van der Waals surface area contributed by atoms with Gasteiger partial charge in [0, 0.05) is 26.6 Å². The minimum Gasteiger partial charge on any atom is -0.354 e. The first-order valence-electron chi connectivity index (χ1n) is 7.05. The molecule has 0 radical (unpaired) electrons. The monoisotopic (exact) mass is 276 g/mol. The third-order valence-corrected chi connectivity index (χ3v) is 2.94. The first kappa shape index (κ1) is 16.2. The molecule has 1 aromatic carbocycles. The summed E-state index contributed by atoms with van der Waals surface area (Å²) in [5, 5.41) is 2.86. The summed E-state index contributed by atoms with van der Waals surface area (Å²) in [6.07, 6.45) is 0.380. The maximum absolute atomic E-state index is 11.8. The Bertz CT molecular complexity index is 429. The third-order valence-electron chi connectivity index (χ3n) is 2.94. The molecule has 0 aliphatic carbocycles. The van der Waals surface area contributed by atoms with E-state index in [0.29, 0.717) is 25.4 Å². The molecule has 1 rings (SSSR count). The zero-order valence-corrected chi connectivity index (χ0v) is 12.6. The van der Waals surface area contributed by atoms with Crippen LogP contribution in [-0.2, 0) is 16.0 Å². The zero-order chi connectivity index (χ0) is 15.0. The predicted molar refractivity (Wildman–Crippen MR) is 80.2 cm³/mol. The molecule has 0 aliphatic heterocycles. The molecule has 0 heterocycles. The lowest BCUT2D eigenvalue weighted by Crippen LogP contribution is -2.39. The largest absolute Gasteiger partial charge is 0.354 e. The topological polar surface area (TPSA) is 49.4 Å². The Kier molecular flexibility index (Phi) is 6.77. The Balaban J connectivity index is 2.31. The van der Waals surface area contributed by atoms with Crippen molar-refractivity contribution in [3.05, 3.63) is 35.9 Å². The van der Waals surface area contributed by atoms with Crippen LogP contribution in [0.1, 0.15) is 26.3 Å². The van der Waals surface area contributed by atoms with Crippen molar-refractivity contribution in [1.82, 2.24) is 10.2 Å². The maximum Gasteiger partial charge on any atom is 0.224 e. The van der Waals surface area contributed by atoms with Gasteiger partial charge in [0.05, 0.1) is 6.42 Å². The molecule has 0 atom stereocenters. The fraction of sp³-hybridized carbons (Fsp3) is 0.500. The van der Waals surface area contributed by atoms with E-state index in [-0.39, 0.29) is 11.8 Å². The van der Waals surface area contributed by atoms with Gasteiger partial charge in [0.15, 0.2) is 0 Å². The minimum absolute atomic E-state index is 0.00995. The number of carbonyl (C=O) groups is 2. The summed E-state index contributed by atoms with van der Waals surface area (Å²) >= 11 is 0. The highest BCUT2D eigenvalue weighted by molar-refractivity contribution is 5.78. The molecule has 0 saturated heterocycles. The third kappa shape index (κ3) is 6.36. The van der Waals surface area contributed by atoms with Gasteiger partial charge in [0.25, 0.3) is 0 Å². The number of nitrogens with one attached hydrogen (secondary N) is 1. The zero-order valence-electron chi connectivity index (χ0n) is 12.6. The Labute approximate surface area is 121 Å². The number of rotatable bonds is 7. The molecule has 0 unspecified atom stereocenters. The second-order valence-electron chi connectivity index (χ2n) is 5.37. The van der Waals surface area contributed by atoms with E-state index in [1.165, 1.54) is 0 Å². The lowest BCUT2D eigenvalue weighted by Gasteiger charge is -2.23. The molecule has 110 valence electrons. The highest BCUT2D eigenvalue weighted by Crippen LogP contribution is 2.00. The van der Waals surface area contributed by atoms with E-state index in [1.807, 2.05) is 30.3 Å². The standard InChI is InChI=1S/C16H24N2O2/c1-13(2)12-18(14(3)19)10-9-17-16(20)11-15-7-5-4-6-8-15/h4-8,13H,9-12H2,1-3H3,(H,17,20). The van der Waals surface area contributed by atoms with Gasteiger partial charge in [-0.3, -0.25) is 9.59 Å². The van der Waals surface area contributed by atoms with E-state index >= 15 is 0 Å². The van der Waals surface area contributed by atoms with E-state index < -0.39 is 0 Å². The highest BCUT2D eigenvalue weighted by Gasteiger charge is 2.10. The van der Waals surface area contributed by atoms with Gasteiger partial charge in [0.1, 0.15) is 0 Å². The first-order chi connectivity index (χ1) is 9.49. The Morgan fingerprint density at radius 1 is 1.20 bits per heavy atom. The van der Waals surface area contributed by atoms with Crippen molar-refractivity contribution >= 4 is 11.8 Å². The molecule has 0 fully saturated rings. The quantitative estimate of drug-likeness (QED) is 0.826. The molecule has 1 N–H and O–H groups in total. The summed E-state index contributed by atoms with van der Waals surface area (Å²) in [6.45, 7) is 7.50. The Hall–Kier alpha value is -1.84. The molecule has 1 aromatic rings. The van der Waals surface area contributed by atoms with Crippen LogP contribution >= 0.6 is 0 Å². The SMILES string of the molecule is CC(=O)N(CCNC(=O)Cc1ccccc1)CC(C)C. The fourth-order valence-electron chi connectivity index (χ4n) is 1.99. The molecule has 20 heavy (non-hydrogen) atoms. The van der Waals surface area contributed by atoms with E-state index in [4.69, 9.17) is 0 Å². The van der Waals surface area contributed by atoms with Crippen molar-refractivity contribution in [3.8, 4) is 0 Å². The van der Waals surface area contributed by atoms with Gasteiger partial charge in [-0.05, 0) is 11.5 Å². The number of carbonyl (C=O) groups excluding carboxylic acids is 2. The molecular weight excluding hydrogens is 252 g/mol. The summed E-state index contributed by atoms with van der Waals surface area (Å²) in [6, 6.07) is 9.63. The Morgan fingerprint density at radius 2 is 1.85 bits per heavy atom. The smallest absolute Gasteiger partial charge is 0.224 e. The molecule has 2 amide bonds. The molecule has 4 nitrogen and oxygen atoms in total. The van der Waals surface area contributed by atoms with Gasteiger partial charge < -0.3 is 10.2 Å². The van der Waals surface area contributed by atoms with Gasteiger partial charge in [-0.1, -0.05) is 44.2 Å². The van der Waals surface area contributed by atoms with Crippen molar-refractivity contribution in [2.75, 3.05) is 19.6 Å². The summed E-state index contributed by atoms with van der Waals surface area (Å²) in [4.78, 5) is 25.0. The minimum atomic E-state index is -0.00995. The molecule has 0 spiro atoms. The van der Waals surface area contributed by atoms with Crippen LogP contribution in [0.25, 0.3) is 0 Å². The van der Waals surface area contributed by atoms with Gasteiger partial charge in [-0.25, -0.2) is 0 Å². The fourth-order valence-corrected chi connectivity index (χ4v) is 1.99. The number of hydrogen-bond donors (Lipinski definition) is 1. The Morgan fingerprint density at radius 3 is 2.40 bits per heavy atom. The number of nitrogens with zero attached hydrogens (tertiary/aromatic N) is 1. The molecule has 0 aliphatic rings. The normalized spacial score (nSPS) is 10.4. The summed E-state index contributed by atoms with van der Waals surface area (Å²) in [5.41, 5.74) is 0.996. The lowest BCUT2D eigenvalue weighted by molar-refractivity contribution is -0.130. The number of amides is 2. The van der Waals surface area contributed by atoms with Crippen LogP contribution in [0.3, 0.4) is 0 Å². The highest BCUT2D eigenvalue weighted by atomic mass is 16.2. The van der Waals surface area contributed by atoms with Crippen molar-refractivity contribution in [3.63, 3.8) is 0 Å². The molecule has 0 aromatic heterocycles. The number of benzene rings is 1. The predicted octanol–water partition coefficient (Wildman–Crippen LogP) is 1.85. The second kappa shape index (κ2) is 8.35. The van der Waals surface area contributed by atoms with E-state index in [1.54, 1.807) is 11.8 Å². The van der Waals surface area contributed by atoms with Crippen LogP contribution in [0.2, 0.25) is 0 Å². The van der Waals surface area contributed by atoms with Crippen LogP contribution in [0.4, 0.5) is 0 Å². The van der Waals surface area contributed by atoms with Crippen molar-refractivity contribution in [2.24, 2.45) is 5.92 Å². The summed E-state index contributed by atoms with van der Waals surface area (Å²) < 4.78 is 0. The second-order valence-corrected chi connectivity index (χ2v) is 5.37. The molecule has 4 heteroatoms. The average molecular weight is 276 g/mol. The van der Waals surface area contributed by atoms with E-state index in [2.05, 4.69) is 19.2 Å². The van der Waals surface area contributed by atoms with Gasteiger partial charge >= 0.3 is 0 Å². The van der Waals surface area contributed by atoms with Crippen molar-refractivity contribution < 1.29 is 9.59 Å². The van der Waals surface area contributed by atoms with Crippen LogP contribution in [-0.4, -0.2) is 36.3 Å². The van der Waals surface area contributed by atoms with Crippen LogP contribution < -0.4 is 5.32 Å². The van der Waals surface area contributed by atoms with Crippen LogP contribution in [0.15, 0.2) is 30.3 Å². The van der Waals surface area contributed by atoms with Gasteiger partial charge in [-0.2, -0.15) is 0 Å². The lowest BCUT2D eigenvalue weighted by atomic mass is 10.1. The molecule has 0 saturated carbocycles. The van der Waals surface area contributed by atoms with Crippen LogP contribution in [0, 0.1) is 5.92 Å². The van der Waals surface area contributed by atoms with Crippen molar-refractivity contribution in [2.45, 2.75) is 27.2 Å².